The van der Waals surface area contributed by atoms with Gasteiger partial charge in [0.1, 0.15) is 6.33 Å². The highest BCUT2D eigenvalue weighted by atomic mass is 16.2. The molecule has 0 bridgehead atoms. The van der Waals surface area contributed by atoms with E-state index in [1.807, 2.05) is 26.5 Å². The lowest BCUT2D eigenvalue weighted by molar-refractivity contribution is -0.130. The summed E-state index contributed by atoms with van der Waals surface area (Å²) in [4.78, 5) is 28.2. The molecular weight excluding hydrogens is 414 g/mol. The molecule has 8 nitrogen and oxygen atoms in total. The molecule has 0 atom stereocenters. The van der Waals surface area contributed by atoms with Crippen molar-refractivity contribution in [1.29, 1.82) is 0 Å². The van der Waals surface area contributed by atoms with Gasteiger partial charge in [-0.15, -0.1) is 0 Å². The molecule has 172 valence electrons. The highest BCUT2D eigenvalue weighted by molar-refractivity contribution is 5.91. The fourth-order valence-electron chi connectivity index (χ4n) is 4.92. The molecule has 33 heavy (non-hydrogen) atoms. The number of piperidine rings is 1. The summed E-state index contributed by atoms with van der Waals surface area (Å²) in [6, 6.07) is 6.84. The first-order valence-corrected chi connectivity index (χ1v) is 11.6. The second kappa shape index (κ2) is 8.59. The Bertz CT molecular complexity index is 1290. The van der Waals surface area contributed by atoms with E-state index in [2.05, 4.69) is 57.0 Å². The van der Waals surface area contributed by atoms with E-state index in [1.165, 1.54) is 22.8 Å². The van der Waals surface area contributed by atoms with Crippen LogP contribution in [-0.4, -0.2) is 74.0 Å². The predicted octanol–water partition coefficient (Wildman–Crippen LogP) is 3.66. The maximum Gasteiger partial charge on any atom is 0.252 e. The van der Waals surface area contributed by atoms with Gasteiger partial charge in [0.15, 0.2) is 0 Å². The van der Waals surface area contributed by atoms with Crippen LogP contribution < -0.4 is 0 Å². The fourth-order valence-corrected chi connectivity index (χ4v) is 4.92. The number of fused-ring (bicyclic) bond motifs is 2. The van der Waals surface area contributed by atoms with Crippen molar-refractivity contribution in [2.45, 2.75) is 38.5 Å². The number of aromatic amines is 1. The van der Waals surface area contributed by atoms with Crippen molar-refractivity contribution in [1.82, 2.24) is 34.4 Å². The third kappa shape index (κ3) is 4.11. The maximum atomic E-state index is 12.1. The number of nitrogens with one attached hydrogen (secondary N) is 1. The molecule has 1 amide bonds. The van der Waals surface area contributed by atoms with Crippen molar-refractivity contribution in [3.05, 3.63) is 48.0 Å². The second-order valence-electron chi connectivity index (χ2n) is 9.56. The maximum absolute atomic E-state index is 12.1. The Morgan fingerprint density at radius 2 is 2.00 bits per heavy atom. The fraction of sp³-hybridized carbons (Fsp3) is 0.440. The molecule has 0 radical (unpaired) electrons. The quantitative estimate of drug-likeness (QED) is 0.507. The molecule has 1 aliphatic rings. The molecular formula is C25H31N7O. The largest absolute Gasteiger partial charge is 0.354 e. The lowest BCUT2D eigenvalue weighted by Gasteiger charge is -2.32. The van der Waals surface area contributed by atoms with E-state index in [9.17, 15) is 4.79 Å². The summed E-state index contributed by atoms with van der Waals surface area (Å²) in [5.41, 5.74) is 5.94. The number of carbonyl (C=O) groups is 1. The number of H-pyrrole nitrogens is 1. The minimum absolute atomic E-state index is 0.176. The smallest absolute Gasteiger partial charge is 0.252 e. The summed E-state index contributed by atoms with van der Waals surface area (Å²) in [6.45, 7) is 6.91. The predicted molar refractivity (Wildman–Crippen MR) is 129 cm³/mol. The Morgan fingerprint density at radius 3 is 2.73 bits per heavy atom. The lowest BCUT2D eigenvalue weighted by atomic mass is 9.87. The normalized spacial score (nSPS) is 15.7. The molecule has 0 saturated carbocycles. The van der Waals surface area contributed by atoms with Crippen molar-refractivity contribution in [3.63, 3.8) is 0 Å². The van der Waals surface area contributed by atoms with Crippen LogP contribution in [0, 0.1) is 0 Å². The van der Waals surface area contributed by atoms with Crippen LogP contribution in [-0.2, 0) is 4.79 Å². The number of aromatic nitrogens is 5. The van der Waals surface area contributed by atoms with E-state index < -0.39 is 0 Å². The number of rotatable bonds is 5. The molecule has 1 fully saturated rings. The molecule has 1 N–H and O–H groups in total. The van der Waals surface area contributed by atoms with Gasteiger partial charge in [-0.05, 0) is 61.0 Å². The summed E-state index contributed by atoms with van der Waals surface area (Å²) in [6.07, 6.45) is 7.53. The minimum atomic E-state index is 0.176. The van der Waals surface area contributed by atoms with Gasteiger partial charge in [0.25, 0.3) is 5.78 Å². The van der Waals surface area contributed by atoms with Crippen LogP contribution in [0.3, 0.4) is 0 Å². The van der Waals surface area contributed by atoms with E-state index in [-0.39, 0.29) is 5.91 Å². The van der Waals surface area contributed by atoms with Crippen molar-refractivity contribution in [3.8, 4) is 11.3 Å². The van der Waals surface area contributed by atoms with Crippen LogP contribution in [0.4, 0.5) is 0 Å². The topological polar surface area (TPSA) is 82.4 Å². The Balaban J connectivity index is 1.43. The second-order valence-corrected chi connectivity index (χ2v) is 9.56. The number of nitrogens with zero attached hydrogens (tertiary/aromatic N) is 6. The number of hydrogen-bond acceptors (Lipinski definition) is 5. The third-order valence-corrected chi connectivity index (χ3v) is 6.78. The highest BCUT2D eigenvalue weighted by Gasteiger charge is 2.24. The molecule has 3 aromatic heterocycles. The first-order valence-electron chi connectivity index (χ1n) is 11.6. The first-order chi connectivity index (χ1) is 15.9. The Hall–Kier alpha value is -3.26. The van der Waals surface area contributed by atoms with Crippen molar-refractivity contribution in [2.75, 3.05) is 33.7 Å². The van der Waals surface area contributed by atoms with Gasteiger partial charge < -0.3 is 9.88 Å². The van der Waals surface area contributed by atoms with Crippen LogP contribution in [0.5, 0.6) is 0 Å². The zero-order chi connectivity index (χ0) is 23.1. The van der Waals surface area contributed by atoms with Gasteiger partial charge in [0, 0.05) is 43.0 Å². The molecule has 1 saturated heterocycles. The summed E-state index contributed by atoms with van der Waals surface area (Å²) in [5.74, 6) is 1.65. The number of amides is 1. The van der Waals surface area contributed by atoms with Gasteiger partial charge in [0.2, 0.25) is 5.91 Å². The van der Waals surface area contributed by atoms with Gasteiger partial charge >= 0.3 is 0 Å². The Labute approximate surface area is 193 Å². The van der Waals surface area contributed by atoms with E-state index in [1.54, 1.807) is 9.42 Å². The molecule has 0 unspecified atom stereocenters. The van der Waals surface area contributed by atoms with E-state index >= 15 is 0 Å². The molecule has 1 aliphatic heterocycles. The number of likely N-dealkylation sites (N-methyl/N-ethyl adjacent to an activating group) is 1. The monoisotopic (exact) mass is 445 g/mol. The standard InChI is InChI=1S/C25H31N7O/c1-16(2)23-20-11-18(17-7-9-31(10-8-17)14-22(33)30(3)4)5-6-21(20)29-24(23)19-12-26-25-27-15-28-32(25)13-19/h5-6,11-13,15-17,29H,7-10,14H2,1-4H3. The van der Waals surface area contributed by atoms with Crippen LogP contribution in [0.2, 0.25) is 0 Å². The summed E-state index contributed by atoms with van der Waals surface area (Å²) in [7, 11) is 3.64. The molecule has 1 aromatic carbocycles. The zero-order valence-corrected chi connectivity index (χ0v) is 19.7. The summed E-state index contributed by atoms with van der Waals surface area (Å²) < 4.78 is 1.71. The van der Waals surface area contributed by atoms with Crippen LogP contribution >= 0.6 is 0 Å². The Morgan fingerprint density at radius 1 is 1.21 bits per heavy atom. The van der Waals surface area contributed by atoms with Crippen molar-refractivity contribution >= 4 is 22.6 Å². The summed E-state index contributed by atoms with van der Waals surface area (Å²) >= 11 is 0. The van der Waals surface area contributed by atoms with Crippen molar-refractivity contribution < 1.29 is 4.79 Å². The third-order valence-electron chi connectivity index (χ3n) is 6.78. The number of benzene rings is 1. The average molecular weight is 446 g/mol. The minimum Gasteiger partial charge on any atom is -0.354 e. The average Bonchev–Trinajstić information content (AvgIpc) is 3.43. The summed E-state index contributed by atoms with van der Waals surface area (Å²) in [5, 5.41) is 5.52. The van der Waals surface area contributed by atoms with Gasteiger partial charge in [-0.3, -0.25) is 9.69 Å². The highest BCUT2D eigenvalue weighted by Crippen LogP contribution is 2.38. The zero-order valence-electron chi connectivity index (χ0n) is 19.7. The van der Waals surface area contributed by atoms with E-state index in [0.717, 1.165) is 42.7 Å². The Kier molecular flexibility index (Phi) is 5.62. The van der Waals surface area contributed by atoms with Crippen molar-refractivity contribution in [2.24, 2.45) is 0 Å². The lowest BCUT2D eigenvalue weighted by Crippen LogP contribution is -2.40. The molecule has 5 rings (SSSR count). The molecule has 8 heteroatoms. The molecule has 4 aromatic rings. The van der Waals surface area contributed by atoms with Crippen LogP contribution in [0.1, 0.15) is 49.7 Å². The molecule has 0 aliphatic carbocycles. The molecule has 4 heterocycles. The van der Waals surface area contributed by atoms with Gasteiger partial charge in [-0.25, -0.2) is 9.50 Å². The van der Waals surface area contributed by atoms with Gasteiger partial charge in [-0.1, -0.05) is 19.9 Å². The number of carbonyl (C=O) groups excluding carboxylic acids is 1. The molecule has 0 spiro atoms. The van der Waals surface area contributed by atoms with Gasteiger partial charge in [-0.2, -0.15) is 10.1 Å². The van der Waals surface area contributed by atoms with E-state index in [4.69, 9.17) is 0 Å². The SMILES string of the molecule is CC(C)c1c(-c2cnc3ncnn3c2)[nH]c2ccc(C3CCN(CC(=O)N(C)C)CC3)cc12. The number of hydrogen-bond donors (Lipinski definition) is 1. The first kappa shape index (κ1) is 21.6. The van der Waals surface area contributed by atoms with Crippen LogP contribution in [0.15, 0.2) is 36.9 Å². The van der Waals surface area contributed by atoms with Crippen LogP contribution in [0.25, 0.3) is 27.9 Å². The number of likely N-dealkylation sites (tertiary alicyclic amines) is 1. The van der Waals surface area contributed by atoms with E-state index in [0.29, 0.717) is 24.2 Å². The van der Waals surface area contributed by atoms with Gasteiger partial charge in [0.05, 0.1) is 12.2 Å².